The fourth-order valence-corrected chi connectivity index (χ4v) is 1.84. The van der Waals surface area contributed by atoms with Gasteiger partial charge in [0.1, 0.15) is 0 Å². The molecule has 0 amide bonds. The van der Waals surface area contributed by atoms with E-state index < -0.39 is 0 Å². The number of nitrogens with one attached hydrogen (secondary N) is 2. The molecule has 8 heteroatoms. The first-order chi connectivity index (χ1) is 9.32. The maximum Gasteiger partial charge on any atom is 0.332 e. The van der Waals surface area contributed by atoms with Crippen LogP contribution < -0.4 is 16.6 Å². The van der Waals surface area contributed by atoms with Crippen LogP contribution in [0.15, 0.2) is 9.59 Å². The van der Waals surface area contributed by atoms with Crippen molar-refractivity contribution in [1.82, 2.24) is 24.0 Å². The number of aromatic nitrogens is 4. The maximum atomic E-state index is 12.0. The number of fused-ring (bicyclic) bond motifs is 1. The Morgan fingerprint density at radius 3 is 2.55 bits per heavy atom. The standard InChI is InChI=1S/C12H20N6O2/c1-7(16(2)3)6-13-11-14-8-9(15-11)17(4)12(20)18(5)10(8)19/h7H,6H2,1-5H3,(H2,13,14,15). The van der Waals surface area contributed by atoms with Crippen LogP contribution >= 0.6 is 0 Å². The van der Waals surface area contributed by atoms with Gasteiger partial charge in [-0.05, 0) is 21.0 Å². The number of anilines is 1. The Bertz CT molecular complexity index is 739. The number of hydrogen-bond acceptors (Lipinski definition) is 5. The summed E-state index contributed by atoms with van der Waals surface area (Å²) in [6.45, 7) is 2.76. The van der Waals surface area contributed by atoms with Crippen LogP contribution in [0.1, 0.15) is 6.92 Å². The van der Waals surface area contributed by atoms with Crippen molar-refractivity contribution in [3.05, 3.63) is 20.8 Å². The molecule has 0 aliphatic heterocycles. The SMILES string of the molecule is CC(CNc1nc2c([nH]1)c(=O)n(C)c(=O)n2C)N(C)C. The summed E-state index contributed by atoms with van der Waals surface area (Å²) in [6.07, 6.45) is 0. The monoisotopic (exact) mass is 280 g/mol. The topological polar surface area (TPSA) is 88.0 Å². The van der Waals surface area contributed by atoms with Crippen LogP contribution in [-0.2, 0) is 14.1 Å². The third kappa shape index (κ3) is 2.34. The minimum absolute atomic E-state index is 0.315. The molecule has 20 heavy (non-hydrogen) atoms. The van der Waals surface area contributed by atoms with E-state index in [-0.39, 0.29) is 11.2 Å². The average molecular weight is 280 g/mol. The third-order valence-corrected chi connectivity index (χ3v) is 3.54. The van der Waals surface area contributed by atoms with E-state index in [4.69, 9.17) is 0 Å². The van der Waals surface area contributed by atoms with Gasteiger partial charge in [-0.3, -0.25) is 13.9 Å². The van der Waals surface area contributed by atoms with Gasteiger partial charge in [0.15, 0.2) is 11.2 Å². The number of H-pyrrole nitrogens is 1. The van der Waals surface area contributed by atoms with Gasteiger partial charge in [-0.15, -0.1) is 0 Å². The van der Waals surface area contributed by atoms with Crippen molar-refractivity contribution in [3.8, 4) is 0 Å². The number of hydrogen-bond donors (Lipinski definition) is 2. The summed E-state index contributed by atoms with van der Waals surface area (Å²) in [7, 11) is 7.03. The molecule has 0 bridgehead atoms. The Morgan fingerprint density at radius 1 is 1.30 bits per heavy atom. The van der Waals surface area contributed by atoms with E-state index in [9.17, 15) is 9.59 Å². The molecule has 2 rings (SSSR count). The minimum atomic E-state index is -0.387. The van der Waals surface area contributed by atoms with Crippen molar-refractivity contribution in [2.24, 2.45) is 14.1 Å². The molecule has 2 N–H and O–H groups in total. The van der Waals surface area contributed by atoms with E-state index in [1.54, 1.807) is 7.05 Å². The summed E-state index contributed by atoms with van der Waals surface area (Å²) in [6, 6.07) is 0.315. The van der Waals surface area contributed by atoms with Gasteiger partial charge in [0.2, 0.25) is 5.95 Å². The van der Waals surface area contributed by atoms with Gasteiger partial charge in [-0.25, -0.2) is 4.79 Å². The number of imidazole rings is 1. The molecule has 0 aromatic carbocycles. The van der Waals surface area contributed by atoms with Crippen LogP contribution in [0.25, 0.3) is 11.2 Å². The van der Waals surface area contributed by atoms with Crippen molar-refractivity contribution in [1.29, 1.82) is 0 Å². The highest BCUT2D eigenvalue weighted by Gasteiger charge is 2.13. The van der Waals surface area contributed by atoms with Crippen molar-refractivity contribution in [2.45, 2.75) is 13.0 Å². The van der Waals surface area contributed by atoms with Gasteiger partial charge in [-0.1, -0.05) is 0 Å². The fraction of sp³-hybridized carbons (Fsp3) is 0.583. The van der Waals surface area contributed by atoms with Gasteiger partial charge in [0.05, 0.1) is 0 Å². The Balaban J connectivity index is 2.40. The molecule has 2 aromatic rings. The number of aromatic amines is 1. The lowest BCUT2D eigenvalue weighted by Crippen LogP contribution is -2.36. The normalized spacial score (nSPS) is 13.1. The lowest BCUT2D eigenvalue weighted by molar-refractivity contribution is 0.326. The lowest BCUT2D eigenvalue weighted by atomic mass is 10.3. The molecule has 0 aliphatic rings. The summed E-state index contributed by atoms with van der Waals surface area (Å²) in [4.78, 5) is 33.1. The van der Waals surface area contributed by atoms with Crippen molar-refractivity contribution >= 4 is 17.1 Å². The molecule has 0 fully saturated rings. The first-order valence-electron chi connectivity index (χ1n) is 6.39. The van der Waals surface area contributed by atoms with Gasteiger partial charge in [0.25, 0.3) is 5.56 Å². The zero-order valence-corrected chi connectivity index (χ0v) is 12.4. The Morgan fingerprint density at radius 2 is 1.95 bits per heavy atom. The van der Waals surface area contributed by atoms with Gasteiger partial charge in [-0.2, -0.15) is 4.98 Å². The lowest BCUT2D eigenvalue weighted by Gasteiger charge is -2.19. The molecule has 8 nitrogen and oxygen atoms in total. The molecular formula is C12H20N6O2. The number of rotatable bonds is 4. The molecule has 0 saturated heterocycles. The first-order valence-corrected chi connectivity index (χ1v) is 6.39. The highest BCUT2D eigenvalue weighted by molar-refractivity contribution is 5.72. The first kappa shape index (κ1) is 14.3. The number of aryl methyl sites for hydroxylation is 1. The second-order valence-corrected chi connectivity index (χ2v) is 5.18. The minimum Gasteiger partial charge on any atom is -0.354 e. The van der Waals surface area contributed by atoms with Gasteiger partial charge >= 0.3 is 5.69 Å². The molecule has 0 saturated carbocycles. The summed E-state index contributed by atoms with van der Waals surface area (Å²) >= 11 is 0. The van der Waals surface area contributed by atoms with E-state index in [0.29, 0.717) is 29.7 Å². The zero-order valence-electron chi connectivity index (χ0n) is 12.4. The fourth-order valence-electron chi connectivity index (χ4n) is 1.84. The largest absolute Gasteiger partial charge is 0.354 e. The van der Waals surface area contributed by atoms with E-state index >= 15 is 0 Å². The highest BCUT2D eigenvalue weighted by atomic mass is 16.2. The highest BCUT2D eigenvalue weighted by Crippen LogP contribution is 2.08. The van der Waals surface area contributed by atoms with Crippen LogP contribution in [0.4, 0.5) is 5.95 Å². The summed E-state index contributed by atoms with van der Waals surface area (Å²) < 4.78 is 2.42. The smallest absolute Gasteiger partial charge is 0.332 e. The third-order valence-electron chi connectivity index (χ3n) is 3.54. The molecule has 0 spiro atoms. The predicted molar refractivity (Wildman–Crippen MR) is 78.2 cm³/mol. The van der Waals surface area contributed by atoms with Crippen molar-refractivity contribution in [3.63, 3.8) is 0 Å². The molecule has 2 aromatic heterocycles. The zero-order chi connectivity index (χ0) is 15.0. The van der Waals surface area contributed by atoms with Crippen LogP contribution in [0.3, 0.4) is 0 Å². The van der Waals surface area contributed by atoms with E-state index in [0.717, 1.165) is 4.57 Å². The van der Waals surface area contributed by atoms with Crippen LogP contribution in [-0.4, -0.2) is 50.7 Å². The molecular weight excluding hydrogens is 260 g/mol. The van der Waals surface area contributed by atoms with Gasteiger partial charge in [0, 0.05) is 26.7 Å². The summed E-state index contributed by atoms with van der Waals surface area (Å²) in [5, 5.41) is 3.14. The van der Waals surface area contributed by atoms with E-state index in [1.807, 2.05) is 14.1 Å². The van der Waals surface area contributed by atoms with Crippen LogP contribution in [0.5, 0.6) is 0 Å². The van der Waals surface area contributed by atoms with Crippen LogP contribution in [0.2, 0.25) is 0 Å². The molecule has 0 aliphatic carbocycles. The molecule has 1 unspecified atom stereocenters. The van der Waals surface area contributed by atoms with Crippen molar-refractivity contribution < 1.29 is 0 Å². The maximum absolute atomic E-state index is 12.0. The molecule has 2 heterocycles. The van der Waals surface area contributed by atoms with E-state index in [1.165, 1.54) is 11.6 Å². The molecule has 110 valence electrons. The Labute approximate surface area is 116 Å². The second kappa shape index (κ2) is 5.12. The number of nitrogens with zero attached hydrogens (tertiary/aromatic N) is 4. The quantitative estimate of drug-likeness (QED) is 0.775. The molecule has 1 atom stereocenters. The van der Waals surface area contributed by atoms with Gasteiger partial charge < -0.3 is 15.2 Å². The van der Waals surface area contributed by atoms with E-state index in [2.05, 4.69) is 27.1 Å². The average Bonchev–Trinajstić information content (AvgIpc) is 2.84. The summed E-state index contributed by atoms with van der Waals surface area (Å²) in [5.74, 6) is 0.493. The van der Waals surface area contributed by atoms with Crippen molar-refractivity contribution in [2.75, 3.05) is 26.0 Å². The van der Waals surface area contributed by atoms with Crippen LogP contribution in [0, 0.1) is 0 Å². The Kier molecular flexibility index (Phi) is 3.67. The number of likely N-dealkylation sites (N-methyl/N-ethyl adjacent to an activating group) is 1. The second-order valence-electron chi connectivity index (χ2n) is 5.18. The predicted octanol–water partition coefficient (Wildman–Crippen LogP) is -0.678. The summed E-state index contributed by atoms with van der Waals surface area (Å²) in [5.41, 5.74) is -0.0702. The Hall–Kier alpha value is -2.09. The molecule has 0 radical (unpaired) electrons.